The number of nitrogens with zero attached hydrogens (tertiary/aromatic N) is 3. The second-order valence-corrected chi connectivity index (χ2v) is 7.86. The van der Waals surface area contributed by atoms with Crippen LogP contribution in [0.2, 0.25) is 10.0 Å². The van der Waals surface area contributed by atoms with Gasteiger partial charge in [-0.25, -0.2) is 9.22 Å². The predicted octanol–water partition coefficient (Wildman–Crippen LogP) is 5.63. The van der Waals surface area contributed by atoms with Gasteiger partial charge in [0.15, 0.2) is 17.0 Å². The molecule has 1 aliphatic heterocycles. The molecule has 14 heteroatoms. The van der Waals surface area contributed by atoms with Gasteiger partial charge < -0.3 is 0 Å². The van der Waals surface area contributed by atoms with E-state index in [1.165, 1.54) is 0 Å². The fourth-order valence-corrected chi connectivity index (χ4v) is 4.46. The Kier molecular flexibility index (Phi) is 6.47. The second-order valence-electron chi connectivity index (χ2n) is 4.61. The van der Waals surface area contributed by atoms with E-state index in [0.29, 0.717) is 21.6 Å². The molecule has 0 aromatic heterocycles. The minimum absolute atomic E-state index is 0.219. The molecule has 0 spiro atoms. The van der Waals surface area contributed by atoms with Crippen LogP contribution in [0.1, 0.15) is 5.56 Å². The Hall–Kier alpha value is -0.640. The number of hydrogen-bond donors (Lipinski definition) is 0. The molecule has 4 nitrogen and oxygen atoms in total. The molecule has 0 aliphatic carbocycles. The van der Waals surface area contributed by atoms with E-state index in [1.807, 2.05) is 0 Å². The van der Waals surface area contributed by atoms with Gasteiger partial charge in [0, 0.05) is 0 Å². The van der Waals surface area contributed by atoms with Gasteiger partial charge in [-0.2, -0.15) is 27.2 Å². The lowest BCUT2D eigenvalue weighted by Gasteiger charge is -2.31. The van der Waals surface area contributed by atoms with E-state index in [4.69, 9.17) is 40.1 Å². The topological polar surface area (TPSA) is 47.3 Å². The Morgan fingerprint density at radius 2 is 1.73 bits per heavy atom. The van der Waals surface area contributed by atoms with Crippen molar-refractivity contribution in [3.05, 3.63) is 37.4 Å². The lowest BCUT2D eigenvalue weighted by atomic mass is 10.2. The van der Waals surface area contributed by atoms with Gasteiger partial charge in [0.1, 0.15) is 4.61 Å². The average molecular weight is 520 g/mol. The summed E-state index contributed by atoms with van der Waals surface area (Å²) in [7, 11) is -3.08. The molecule has 0 amide bonds. The summed E-state index contributed by atoms with van der Waals surface area (Å²) in [5, 5.41) is 8.35. The second kappa shape index (κ2) is 7.77. The van der Waals surface area contributed by atoms with E-state index in [9.17, 15) is 26.2 Å². The summed E-state index contributed by atoms with van der Waals surface area (Å²) in [6.07, 6.45) is -4.76. The molecule has 1 aliphatic rings. The van der Waals surface area contributed by atoms with Crippen LogP contribution in [0.4, 0.5) is 27.6 Å². The van der Waals surface area contributed by atoms with Crippen LogP contribution in [0.15, 0.2) is 21.8 Å². The van der Waals surface area contributed by atoms with Gasteiger partial charge in [-0.3, -0.25) is 0 Å². The molecule has 2 atom stereocenters. The molecular formula is C12H4BrCl3F5N3OS. The van der Waals surface area contributed by atoms with E-state index in [-0.39, 0.29) is 9.64 Å². The first-order valence-corrected chi connectivity index (χ1v) is 9.30. The molecule has 142 valence electrons. The van der Waals surface area contributed by atoms with Gasteiger partial charge in [-0.15, -0.1) is 4.41 Å². The van der Waals surface area contributed by atoms with Gasteiger partial charge in [-0.1, -0.05) is 34.8 Å². The van der Waals surface area contributed by atoms with E-state index in [0.717, 1.165) is 0 Å². The van der Waals surface area contributed by atoms with Crippen LogP contribution in [0.5, 0.6) is 0 Å². The highest BCUT2D eigenvalue weighted by Gasteiger charge is 2.46. The zero-order valence-corrected chi connectivity index (χ0v) is 16.5. The quantitative estimate of drug-likeness (QED) is 0.384. The number of alkyl halides is 5. The number of benzene rings is 1. The summed E-state index contributed by atoms with van der Waals surface area (Å²) < 4.78 is 76.6. The number of nitriles is 1. The van der Waals surface area contributed by atoms with Crippen molar-refractivity contribution < 1.29 is 26.2 Å². The van der Waals surface area contributed by atoms with Crippen molar-refractivity contribution in [1.82, 2.24) is 4.41 Å². The summed E-state index contributed by atoms with van der Waals surface area (Å²) in [4.78, 5) is 0. The molecule has 1 aromatic rings. The van der Waals surface area contributed by atoms with E-state index in [2.05, 4.69) is 15.9 Å². The zero-order chi connectivity index (χ0) is 20.0. The first-order valence-electron chi connectivity index (χ1n) is 6.21. The Morgan fingerprint density at radius 1 is 1.23 bits per heavy atom. The Morgan fingerprint density at radius 3 is 2.12 bits per heavy atom. The van der Waals surface area contributed by atoms with Crippen molar-refractivity contribution >= 4 is 67.4 Å². The molecule has 0 saturated heterocycles. The molecule has 26 heavy (non-hydrogen) atoms. The largest absolute Gasteiger partial charge is 0.416 e. The number of rotatable bonds is 3. The van der Waals surface area contributed by atoms with E-state index < -0.39 is 50.3 Å². The first-order chi connectivity index (χ1) is 11.9. The molecule has 2 rings (SSSR count). The Bertz CT molecular complexity index is 821. The molecule has 0 fully saturated rings. The summed E-state index contributed by atoms with van der Waals surface area (Å²) in [6, 6.07) is 1.00. The molecular weight excluding hydrogens is 515 g/mol. The van der Waals surface area contributed by atoms with Crippen LogP contribution >= 0.6 is 50.7 Å². The molecule has 0 N–H and O–H groups in total. The fourth-order valence-electron chi connectivity index (χ4n) is 2.01. The van der Waals surface area contributed by atoms with Gasteiger partial charge in [-0.05, 0) is 28.1 Å². The van der Waals surface area contributed by atoms with Crippen molar-refractivity contribution in [2.24, 2.45) is 0 Å². The SMILES string of the molecule is N#CC1C(Cl)=C(Br)N(c2c(Cl)cc(C(F)(F)F)cc2Cl)N1S(=O)C(F)F. The van der Waals surface area contributed by atoms with Crippen molar-refractivity contribution in [3.8, 4) is 6.07 Å². The monoisotopic (exact) mass is 517 g/mol. The third-order valence-corrected chi connectivity index (χ3v) is 6.06. The zero-order valence-electron chi connectivity index (χ0n) is 11.9. The van der Waals surface area contributed by atoms with E-state index >= 15 is 0 Å². The fraction of sp³-hybridized carbons (Fsp3) is 0.250. The van der Waals surface area contributed by atoms with Crippen LogP contribution in [0, 0.1) is 11.3 Å². The maximum Gasteiger partial charge on any atom is 0.416 e. The average Bonchev–Trinajstić information content (AvgIpc) is 2.77. The Labute approximate surface area is 169 Å². The van der Waals surface area contributed by atoms with Crippen LogP contribution < -0.4 is 5.01 Å². The number of halogens is 9. The standard InChI is InChI=1S/C12H4BrCl3F5N3OS/c13-10-8(16)7(3-22)24(26(25)11(17)18)23(10)9-5(14)1-4(2-6(9)15)12(19,20)21/h1-2,7,11H. The predicted molar refractivity (Wildman–Crippen MR) is 91.1 cm³/mol. The maximum atomic E-state index is 13.0. The Balaban J connectivity index is 2.68. The molecule has 2 unspecified atom stereocenters. The molecule has 1 aromatic carbocycles. The molecule has 0 saturated carbocycles. The van der Waals surface area contributed by atoms with Crippen molar-refractivity contribution in [2.45, 2.75) is 18.0 Å². The normalized spacial score (nSPS) is 20.0. The summed E-state index contributed by atoms with van der Waals surface area (Å²) in [5.74, 6) is -3.41. The third-order valence-electron chi connectivity index (χ3n) is 3.06. The smallest absolute Gasteiger partial charge is 0.250 e. The van der Waals surface area contributed by atoms with Crippen LogP contribution in [-0.2, 0) is 17.2 Å². The lowest BCUT2D eigenvalue weighted by Crippen LogP contribution is -2.45. The van der Waals surface area contributed by atoms with Crippen molar-refractivity contribution in [3.63, 3.8) is 0 Å². The first kappa shape index (κ1) is 21.7. The number of anilines is 1. The lowest BCUT2D eigenvalue weighted by molar-refractivity contribution is -0.137. The minimum atomic E-state index is -4.76. The highest BCUT2D eigenvalue weighted by Crippen LogP contribution is 2.47. The summed E-state index contributed by atoms with van der Waals surface area (Å²) >= 11 is 20.6. The minimum Gasteiger partial charge on any atom is -0.250 e. The van der Waals surface area contributed by atoms with Gasteiger partial charge >= 0.3 is 11.9 Å². The van der Waals surface area contributed by atoms with E-state index in [1.54, 1.807) is 6.07 Å². The molecule has 0 bridgehead atoms. The maximum absolute atomic E-state index is 13.0. The summed E-state index contributed by atoms with van der Waals surface area (Å²) in [5.41, 5.74) is -1.59. The highest BCUT2D eigenvalue weighted by atomic mass is 79.9. The number of hydrazine groups is 1. The van der Waals surface area contributed by atoms with Crippen molar-refractivity contribution in [2.75, 3.05) is 5.01 Å². The van der Waals surface area contributed by atoms with Gasteiger partial charge in [0.25, 0.3) is 0 Å². The highest BCUT2D eigenvalue weighted by molar-refractivity contribution is 9.11. The van der Waals surface area contributed by atoms with Crippen molar-refractivity contribution in [1.29, 1.82) is 5.26 Å². The molecule has 0 radical (unpaired) electrons. The number of hydrogen-bond acceptors (Lipinski definition) is 3. The third kappa shape index (κ3) is 3.81. The van der Waals surface area contributed by atoms with Gasteiger partial charge in [0.2, 0.25) is 0 Å². The van der Waals surface area contributed by atoms with Crippen LogP contribution in [-0.4, -0.2) is 20.4 Å². The van der Waals surface area contributed by atoms with Crippen LogP contribution in [0.3, 0.4) is 0 Å². The van der Waals surface area contributed by atoms with Gasteiger partial charge in [0.05, 0.1) is 32.4 Å². The summed E-state index contributed by atoms with van der Waals surface area (Å²) in [6.45, 7) is 0. The van der Waals surface area contributed by atoms with Crippen LogP contribution in [0.25, 0.3) is 0 Å². The molecule has 1 heterocycles.